The molecular weight excluding hydrogens is 423 g/mol. The molecule has 1 aliphatic rings. The average molecular weight is 444 g/mol. The lowest BCUT2D eigenvalue weighted by Crippen LogP contribution is -2.16. The summed E-state index contributed by atoms with van der Waals surface area (Å²) in [6.45, 7) is 1.27. The fraction of sp³-hybridized carbons (Fsp3) is 0.333. The van der Waals surface area contributed by atoms with E-state index < -0.39 is 10.7 Å². The number of halogens is 1. The number of rotatable bonds is 8. The van der Waals surface area contributed by atoms with Crippen molar-refractivity contribution in [3.63, 3.8) is 0 Å². The van der Waals surface area contributed by atoms with Crippen LogP contribution in [-0.2, 0) is 17.0 Å². The molecule has 1 unspecified atom stereocenters. The van der Waals surface area contributed by atoms with Gasteiger partial charge in [0.05, 0.1) is 30.2 Å². The zero-order chi connectivity index (χ0) is 21.8. The molecule has 162 valence electrons. The Balaban J connectivity index is 1.64. The van der Waals surface area contributed by atoms with Crippen LogP contribution >= 0.6 is 11.8 Å². The molecule has 1 aromatic heterocycles. The van der Waals surface area contributed by atoms with Gasteiger partial charge in [-0.1, -0.05) is 17.8 Å². The van der Waals surface area contributed by atoms with Crippen molar-refractivity contribution in [3.8, 4) is 17.1 Å². The molecule has 8 nitrogen and oxygen atoms in total. The Kier molecular flexibility index (Phi) is 6.47. The molecule has 10 heteroatoms. The van der Waals surface area contributed by atoms with Crippen molar-refractivity contribution in [1.82, 2.24) is 14.8 Å². The molecule has 0 bridgehead atoms. The van der Waals surface area contributed by atoms with Crippen LogP contribution in [0.1, 0.15) is 18.4 Å². The van der Waals surface area contributed by atoms with Crippen molar-refractivity contribution in [2.24, 2.45) is 0 Å². The first-order chi connectivity index (χ1) is 15.1. The Bertz CT molecular complexity index is 1070. The summed E-state index contributed by atoms with van der Waals surface area (Å²) in [6, 6.07) is 11.3. The van der Waals surface area contributed by atoms with Crippen molar-refractivity contribution >= 4 is 17.4 Å². The van der Waals surface area contributed by atoms with Gasteiger partial charge in [0.2, 0.25) is 0 Å². The number of nitrogens with zero attached hydrogens (tertiary/aromatic N) is 4. The smallest absolute Gasteiger partial charge is 0.276 e. The van der Waals surface area contributed by atoms with Crippen molar-refractivity contribution in [2.75, 3.05) is 13.7 Å². The van der Waals surface area contributed by atoms with Crippen LogP contribution in [0.2, 0.25) is 0 Å². The van der Waals surface area contributed by atoms with E-state index in [-0.39, 0.29) is 23.1 Å². The van der Waals surface area contributed by atoms with Crippen LogP contribution in [0.4, 0.5) is 10.1 Å². The maximum atomic E-state index is 14.3. The number of thioether (sulfide) groups is 1. The number of aromatic nitrogens is 3. The predicted molar refractivity (Wildman–Crippen MR) is 114 cm³/mol. The third-order valence-electron chi connectivity index (χ3n) is 5.11. The molecule has 0 saturated carbocycles. The van der Waals surface area contributed by atoms with Gasteiger partial charge < -0.3 is 9.47 Å². The van der Waals surface area contributed by atoms with Gasteiger partial charge in [0.25, 0.3) is 5.69 Å². The quantitative estimate of drug-likeness (QED) is 0.287. The number of nitro groups is 1. The van der Waals surface area contributed by atoms with E-state index in [4.69, 9.17) is 9.47 Å². The summed E-state index contributed by atoms with van der Waals surface area (Å²) in [5.41, 5.74) is 0.651. The number of benzene rings is 2. The number of hydrogen-bond donors (Lipinski definition) is 0. The Morgan fingerprint density at radius 3 is 2.77 bits per heavy atom. The molecule has 2 aromatic carbocycles. The maximum absolute atomic E-state index is 14.3. The molecule has 0 amide bonds. The summed E-state index contributed by atoms with van der Waals surface area (Å²) in [6.07, 6.45) is 1.97. The van der Waals surface area contributed by atoms with Gasteiger partial charge in [-0.15, -0.1) is 10.2 Å². The van der Waals surface area contributed by atoms with Crippen LogP contribution in [0.5, 0.6) is 5.75 Å². The first-order valence-corrected chi connectivity index (χ1v) is 10.8. The lowest BCUT2D eigenvalue weighted by Gasteiger charge is -2.15. The fourth-order valence-corrected chi connectivity index (χ4v) is 4.48. The molecule has 1 fully saturated rings. The van der Waals surface area contributed by atoms with Gasteiger partial charge in [-0.3, -0.25) is 14.7 Å². The lowest BCUT2D eigenvalue weighted by molar-refractivity contribution is -0.385. The maximum Gasteiger partial charge on any atom is 0.276 e. The number of hydrogen-bond acceptors (Lipinski definition) is 7. The average Bonchev–Trinajstić information content (AvgIpc) is 3.43. The van der Waals surface area contributed by atoms with Crippen LogP contribution in [0.3, 0.4) is 0 Å². The standard InChI is InChI=1S/C21H21FN4O4S/c1-29-15-9-7-14(8-10-15)20-23-24-21(25(20)12-16-4-3-11-30-16)31-13-17-18(22)5-2-6-19(17)26(27)28/h2,5-10,16H,3-4,11-13H2,1H3. The van der Waals surface area contributed by atoms with E-state index in [0.717, 1.165) is 24.2 Å². The van der Waals surface area contributed by atoms with E-state index in [2.05, 4.69) is 10.2 Å². The van der Waals surface area contributed by atoms with Crippen LogP contribution in [0.25, 0.3) is 11.4 Å². The van der Waals surface area contributed by atoms with Gasteiger partial charge in [-0.2, -0.15) is 0 Å². The number of nitro benzene ring substituents is 1. The minimum atomic E-state index is -0.609. The van der Waals surface area contributed by atoms with Gasteiger partial charge in [0.15, 0.2) is 11.0 Å². The van der Waals surface area contributed by atoms with E-state index in [1.54, 1.807) is 7.11 Å². The molecular formula is C21H21FN4O4S. The molecule has 0 aliphatic carbocycles. The topological polar surface area (TPSA) is 92.3 Å². The second-order valence-corrected chi connectivity index (χ2v) is 8.01. The van der Waals surface area contributed by atoms with Gasteiger partial charge in [0.1, 0.15) is 11.6 Å². The molecule has 1 aliphatic heterocycles. The SMILES string of the molecule is COc1ccc(-c2nnc(SCc3c(F)cccc3[N+](=O)[O-])n2CC2CCCO2)cc1. The summed E-state index contributed by atoms with van der Waals surface area (Å²) < 4.78 is 27.2. The third-order valence-corrected chi connectivity index (χ3v) is 6.10. The van der Waals surface area contributed by atoms with E-state index in [1.807, 2.05) is 28.8 Å². The second kappa shape index (κ2) is 9.44. The molecule has 1 saturated heterocycles. The molecule has 31 heavy (non-hydrogen) atoms. The highest BCUT2D eigenvalue weighted by atomic mass is 32.2. The monoisotopic (exact) mass is 444 g/mol. The largest absolute Gasteiger partial charge is 0.497 e. The summed E-state index contributed by atoms with van der Waals surface area (Å²) in [4.78, 5) is 10.7. The minimum absolute atomic E-state index is 0.0372. The molecule has 4 rings (SSSR count). The van der Waals surface area contributed by atoms with Crippen molar-refractivity contribution in [2.45, 2.75) is 36.4 Å². The normalized spacial score (nSPS) is 15.9. The molecule has 0 N–H and O–H groups in total. The van der Waals surface area contributed by atoms with Crippen LogP contribution in [0.15, 0.2) is 47.6 Å². The van der Waals surface area contributed by atoms with Crippen molar-refractivity contribution in [3.05, 3.63) is 64.0 Å². The Morgan fingerprint density at radius 1 is 1.29 bits per heavy atom. The Hall–Kier alpha value is -2.98. The predicted octanol–water partition coefficient (Wildman–Crippen LogP) is 4.47. The summed E-state index contributed by atoms with van der Waals surface area (Å²) in [7, 11) is 1.60. The van der Waals surface area contributed by atoms with E-state index in [9.17, 15) is 14.5 Å². The highest BCUT2D eigenvalue weighted by Gasteiger charge is 2.24. The van der Waals surface area contributed by atoms with Gasteiger partial charge in [-0.05, 0) is 43.2 Å². The van der Waals surface area contributed by atoms with E-state index in [0.29, 0.717) is 24.1 Å². The van der Waals surface area contributed by atoms with Crippen molar-refractivity contribution in [1.29, 1.82) is 0 Å². The molecule has 2 heterocycles. The van der Waals surface area contributed by atoms with Gasteiger partial charge in [0, 0.05) is 24.0 Å². The Labute approximate surface area is 182 Å². The second-order valence-electron chi connectivity index (χ2n) is 7.06. The highest BCUT2D eigenvalue weighted by molar-refractivity contribution is 7.98. The molecule has 0 spiro atoms. The molecule has 0 radical (unpaired) electrons. The van der Waals surface area contributed by atoms with E-state index >= 15 is 0 Å². The summed E-state index contributed by atoms with van der Waals surface area (Å²) in [5.74, 6) is 0.844. The first kappa shape index (κ1) is 21.3. The summed E-state index contributed by atoms with van der Waals surface area (Å²) >= 11 is 1.22. The van der Waals surface area contributed by atoms with Crippen molar-refractivity contribution < 1.29 is 18.8 Å². The van der Waals surface area contributed by atoms with Gasteiger partial charge in [-0.25, -0.2) is 4.39 Å². The molecule has 1 atom stereocenters. The lowest BCUT2D eigenvalue weighted by atomic mass is 10.2. The van der Waals surface area contributed by atoms with E-state index in [1.165, 1.54) is 30.0 Å². The highest BCUT2D eigenvalue weighted by Crippen LogP contribution is 2.32. The van der Waals surface area contributed by atoms with Crippen LogP contribution in [0, 0.1) is 15.9 Å². The van der Waals surface area contributed by atoms with Gasteiger partial charge >= 0.3 is 0 Å². The number of methoxy groups -OCH3 is 1. The minimum Gasteiger partial charge on any atom is -0.497 e. The van der Waals surface area contributed by atoms with Crippen LogP contribution < -0.4 is 4.74 Å². The first-order valence-electron chi connectivity index (χ1n) is 9.80. The Morgan fingerprint density at radius 2 is 2.10 bits per heavy atom. The zero-order valence-electron chi connectivity index (χ0n) is 16.9. The summed E-state index contributed by atoms with van der Waals surface area (Å²) in [5, 5.41) is 20.5. The molecule has 3 aromatic rings. The fourth-order valence-electron chi connectivity index (χ4n) is 3.50. The zero-order valence-corrected chi connectivity index (χ0v) is 17.7. The number of ether oxygens (including phenoxy) is 2. The van der Waals surface area contributed by atoms with Crippen LogP contribution in [-0.4, -0.2) is 39.5 Å². The third kappa shape index (κ3) is 4.70.